The average molecular weight is 147 g/mol. The monoisotopic (exact) mass is 147 g/mol. The Morgan fingerprint density at radius 1 is 1.55 bits per heavy atom. The van der Waals surface area contributed by atoms with E-state index in [1.807, 2.05) is 0 Å². The maximum atomic E-state index is 12.8. The summed E-state index contributed by atoms with van der Waals surface area (Å²) in [4.78, 5) is 0. The highest BCUT2D eigenvalue weighted by Crippen LogP contribution is 2.12. The van der Waals surface area contributed by atoms with E-state index in [0.717, 1.165) is 0 Å². The van der Waals surface area contributed by atoms with Gasteiger partial charge in [-0.2, -0.15) is 5.26 Å². The van der Waals surface area contributed by atoms with Gasteiger partial charge >= 0.3 is 0 Å². The zero-order valence-electron chi connectivity index (χ0n) is 5.84. The molecule has 0 N–H and O–H groups in total. The van der Waals surface area contributed by atoms with E-state index < -0.39 is 5.82 Å². The summed E-state index contributed by atoms with van der Waals surface area (Å²) in [5.74, 6) is -0.495. The second-order valence-corrected chi connectivity index (χ2v) is 2.02. The van der Waals surface area contributed by atoms with Gasteiger partial charge in [0.25, 0.3) is 0 Å². The van der Waals surface area contributed by atoms with E-state index in [1.165, 1.54) is 12.1 Å². The van der Waals surface area contributed by atoms with Gasteiger partial charge in [-0.15, -0.1) is 0 Å². The molecule has 0 aliphatic rings. The van der Waals surface area contributed by atoms with E-state index >= 15 is 0 Å². The van der Waals surface area contributed by atoms with Crippen LogP contribution in [-0.4, -0.2) is 0 Å². The fourth-order valence-electron chi connectivity index (χ4n) is 0.829. The zero-order chi connectivity index (χ0) is 8.27. The van der Waals surface area contributed by atoms with Gasteiger partial charge in [0.1, 0.15) is 11.9 Å². The molecule has 54 valence electrons. The number of benzene rings is 1. The van der Waals surface area contributed by atoms with Crippen molar-refractivity contribution in [3.8, 4) is 6.07 Å². The number of nitriles is 1. The largest absolute Gasteiger partial charge is 0.206 e. The maximum absolute atomic E-state index is 12.8. The molecular weight excluding hydrogens is 141 g/mol. The second kappa shape index (κ2) is 2.98. The number of hydrogen-bond donors (Lipinski definition) is 0. The highest BCUT2D eigenvalue weighted by Gasteiger charge is 2.02. The predicted molar refractivity (Wildman–Crippen MR) is 41.2 cm³/mol. The van der Waals surface area contributed by atoms with Crippen molar-refractivity contribution in [1.82, 2.24) is 0 Å². The van der Waals surface area contributed by atoms with Crippen LogP contribution in [0.5, 0.6) is 0 Å². The van der Waals surface area contributed by atoms with Crippen LogP contribution in [0.1, 0.15) is 11.1 Å². The van der Waals surface area contributed by atoms with Gasteiger partial charge in [0.2, 0.25) is 0 Å². The van der Waals surface area contributed by atoms with Crippen molar-refractivity contribution in [1.29, 1.82) is 5.26 Å². The molecule has 11 heavy (non-hydrogen) atoms. The van der Waals surface area contributed by atoms with Gasteiger partial charge in [-0.1, -0.05) is 24.8 Å². The van der Waals surface area contributed by atoms with Crippen molar-refractivity contribution in [2.75, 3.05) is 0 Å². The Labute approximate surface area is 64.4 Å². The smallest absolute Gasteiger partial charge is 0.141 e. The van der Waals surface area contributed by atoms with Crippen LogP contribution in [0.15, 0.2) is 24.8 Å². The zero-order valence-corrected chi connectivity index (χ0v) is 5.84. The highest BCUT2D eigenvalue weighted by molar-refractivity contribution is 5.56. The number of halogens is 1. The topological polar surface area (TPSA) is 23.8 Å². The molecule has 0 aromatic heterocycles. The van der Waals surface area contributed by atoms with Gasteiger partial charge in [-0.05, 0) is 11.6 Å². The van der Waals surface area contributed by atoms with Crippen LogP contribution in [0.3, 0.4) is 0 Å². The number of rotatable bonds is 1. The minimum Gasteiger partial charge on any atom is -0.206 e. The van der Waals surface area contributed by atoms with Crippen LogP contribution >= 0.6 is 0 Å². The summed E-state index contributed by atoms with van der Waals surface area (Å²) in [5.41, 5.74) is 0.593. The third kappa shape index (κ3) is 1.27. The summed E-state index contributed by atoms with van der Waals surface area (Å²) in [6, 6.07) is 6.22. The Hall–Kier alpha value is -1.62. The van der Waals surface area contributed by atoms with Crippen molar-refractivity contribution in [2.24, 2.45) is 0 Å². The molecule has 0 unspecified atom stereocenters. The molecule has 0 fully saturated rings. The van der Waals surface area contributed by atoms with Crippen LogP contribution in [0, 0.1) is 17.1 Å². The van der Waals surface area contributed by atoms with Crippen molar-refractivity contribution < 1.29 is 4.39 Å². The van der Waals surface area contributed by atoms with Gasteiger partial charge in [-0.3, -0.25) is 0 Å². The predicted octanol–water partition coefficient (Wildman–Crippen LogP) is 2.34. The van der Waals surface area contributed by atoms with Crippen molar-refractivity contribution >= 4 is 6.08 Å². The lowest BCUT2D eigenvalue weighted by Crippen LogP contribution is -1.86. The first-order valence-electron chi connectivity index (χ1n) is 3.10. The lowest BCUT2D eigenvalue weighted by molar-refractivity contribution is 0.623. The summed E-state index contributed by atoms with van der Waals surface area (Å²) in [7, 11) is 0. The molecule has 0 saturated carbocycles. The second-order valence-electron chi connectivity index (χ2n) is 2.02. The minimum absolute atomic E-state index is 0.0579. The van der Waals surface area contributed by atoms with Crippen LogP contribution in [-0.2, 0) is 0 Å². The Morgan fingerprint density at radius 2 is 2.27 bits per heavy atom. The highest BCUT2D eigenvalue weighted by atomic mass is 19.1. The molecule has 1 aromatic rings. The molecule has 0 aliphatic heterocycles. The van der Waals surface area contributed by atoms with E-state index in [9.17, 15) is 4.39 Å². The van der Waals surface area contributed by atoms with Crippen LogP contribution in [0.25, 0.3) is 6.08 Å². The quantitative estimate of drug-likeness (QED) is 0.598. The first-order chi connectivity index (χ1) is 5.29. The molecule has 1 rings (SSSR count). The van der Waals surface area contributed by atoms with Crippen LogP contribution < -0.4 is 0 Å². The number of hydrogen-bond acceptors (Lipinski definition) is 1. The molecule has 0 saturated heterocycles. The molecule has 0 radical (unpaired) electrons. The van der Waals surface area contributed by atoms with Crippen molar-refractivity contribution in [3.05, 3.63) is 41.7 Å². The summed E-state index contributed by atoms with van der Waals surface area (Å²) in [6.07, 6.45) is 1.46. The Bertz CT molecular complexity index is 323. The Morgan fingerprint density at radius 3 is 2.73 bits per heavy atom. The standard InChI is InChI=1S/C9H6FN/c1-2-7-4-3-5-9(10)8(7)6-11/h2-5H,1H2. The van der Waals surface area contributed by atoms with E-state index in [4.69, 9.17) is 5.26 Å². The molecule has 0 amide bonds. The molecule has 0 aliphatic carbocycles. The van der Waals surface area contributed by atoms with Gasteiger partial charge < -0.3 is 0 Å². The molecule has 0 spiro atoms. The molecule has 2 heteroatoms. The Balaban J connectivity index is 3.38. The third-order valence-electron chi connectivity index (χ3n) is 1.38. The van der Waals surface area contributed by atoms with Crippen LogP contribution in [0.4, 0.5) is 4.39 Å². The average Bonchev–Trinajstić information content (AvgIpc) is 2.04. The first-order valence-corrected chi connectivity index (χ1v) is 3.10. The third-order valence-corrected chi connectivity index (χ3v) is 1.38. The van der Waals surface area contributed by atoms with E-state index in [-0.39, 0.29) is 5.56 Å². The molecule has 1 nitrogen and oxygen atoms in total. The van der Waals surface area contributed by atoms with Gasteiger partial charge in [-0.25, -0.2) is 4.39 Å². The molecule has 0 atom stereocenters. The molecule has 0 bridgehead atoms. The number of nitrogens with zero attached hydrogens (tertiary/aromatic N) is 1. The fraction of sp³-hybridized carbons (Fsp3) is 0. The van der Waals surface area contributed by atoms with Gasteiger partial charge in [0.15, 0.2) is 0 Å². The van der Waals surface area contributed by atoms with E-state index in [0.29, 0.717) is 5.56 Å². The molecule has 0 heterocycles. The molecule has 1 aromatic carbocycles. The normalized spacial score (nSPS) is 8.73. The lowest BCUT2D eigenvalue weighted by Gasteiger charge is -1.96. The summed E-state index contributed by atoms with van der Waals surface area (Å²) >= 11 is 0. The summed E-state index contributed by atoms with van der Waals surface area (Å²) in [5, 5.41) is 8.49. The summed E-state index contributed by atoms with van der Waals surface area (Å²) < 4.78 is 12.8. The van der Waals surface area contributed by atoms with Gasteiger partial charge in [0.05, 0.1) is 5.56 Å². The van der Waals surface area contributed by atoms with Crippen LogP contribution in [0.2, 0.25) is 0 Å². The van der Waals surface area contributed by atoms with E-state index in [2.05, 4.69) is 6.58 Å². The fourth-order valence-corrected chi connectivity index (χ4v) is 0.829. The summed E-state index contributed by atoms with van der Waals surface area (Å²) in [6.45, 7) is 3.46. The maximum Gasteiger partial charge on any atom is 0.141 e. The SMILES string of the molecule is C=Cc1cccc(F)c1C#N. The molecular formula is C9H6FN. The Kier molecular flexibility index (Phi) is 2.03. The van der Waals surface area contributed by atoms with Crippen molar-refractivity contribution in [3.63, 3.8) is 0 Å². The first kappa shape index (κ1) is 7.49. The van der Waals surface area contributed by atoms with E-state index in [1.54, 1.807) is 18.2 Å². The lowest BCUT2D eigenvalue weighted by atomic mass is 10.1. The van der Waals surface area contributed by atoms with Crippen molar-refractivity contribution in [2.45, 2.75) is 0 Å². The minimum atomic E-state index is -0.495. The van der Waals surface area contributed by atoms with Gasteiger partial charge in [0, 0.05) is 0 Å².